The molecule has 104 valence electrons. The normalized spacial score (nSPS) is 11.6. The molecular formula is C16H23ClN2. The van der Waals surface area contributed by atoms with E-state index in [0.717, 1.165) is 37.4 Å². The molecule has 0 fully saturated rings. The van der Waals surface area contributed by atoms with E-state index >= 15 is 0 Å². The molecule has 3 heteroatoms. The highest BCUT2D eigenvalue weighted by Gasteiger charge is 2.15. The summed E-state index contributed by atoms with van der Waals surface area (Å²) in [6.45, 7) is 5.91. The maximum absolute atomic E-state index is 8.95. The van der Waals surface area contributed by atoms with Crippen LogP contribution in [0, 0.1) is 16.7 Å². The van der Waals surface area contributed by atoms with E-state index in [4.69, 9.17) is 16.9 Å². The lowest BCUT2D eigenvalue weighted by Crippen LogP contribution is -2.19. The molecule has 1 rings (SSSR count). The fraction of sp³-hybridized carbons (Fsp3) is 0.562. The number of hydrogen-bond donors (Lipinski definition) is 0. The Bertz CT molecular complexity index is 435. The lowest BCUT2D eigenvalue weighted by atomic mass is 9.89. The van der Waals surface area contributed by atoms with E-state index in [0.29, 0.717) is 0 Å². The van der Waals surface area contributed by atoms with Gasteiger partial charge in [0.25, 0.3) is 0 Å². The summed E-state index contributed by atoms with van der Waals surface area (Å²) in [6.07, 6.45) is 3.17. The van der Waals surface area contributed by atoms with E-state index in [1.807, 2.05) is 32.0 Å². The fourth-order valence-electron chi connectivity index (χ4n) is 2.00. The van der Waals surface area contributed by atoms with Gasteiger partial charge in [0.05, 0.1) is 11.5 Å². The number of hydrogen-bond acceptors (Lipinski definition) is 2. The third-order valence-corrected chi connectivity index (χ3v) is 3.66. The second-order valence-corrected chi connectivity index (χ2v) is 6.19. The van der Waals surface area contributed by atoms with Gasteiger partial charge in [-0.05, 0) is 51.9 Å². The summed E-state index contributed by atoms with van der Waals surface area (Å²) in [6, 6.07) is 10.3. The second-order valence-electron chi connectivity index (χ2n) is 5.78. The van der Waals surface area contributed by atoms with E-state index in [1.54, 1.807) is 0 Å². The molecule has 0 radical (unpaired) electrons. The van der Waals surface area contributed by atoms with Crippen LogP contribution in [0.1, 0.15) is 38.7 Å². The molecule has 0 N–H and O–H groups in total. The van der Waals surface area contributed by atoms with E-state index in [9.17, 15) is 0 Å². The molecule has 0 saturated heterocycles. The number of unbranched alkanes of at least 4 members (excludes halogenated alkanes) is 1. The highest BCUT2D eigenvalue weighted by molar-refractivity contribution is 6.31. The van der Waals surface area contributed by atoms with Gasteiger partial charge in [-0.3, -0.25) is 0 Å². The molecule has 0 heterocycles. The van der Waals surface area contributed by atoms with Crippen molar-refractivity contribution in [2.75, 3.05) is 13.6 Å². The standard InChI is InChI=1S/C16H23ClN2/c1-16(2,13-18)10-6-7-11-19(3)12-14-8-4-5-9-15(14)17/h4-5,8-9H,6-7,10-12H2,1-3H3. The van der Waals surface area contributed by atoms with Crippen molar-refractivity contribution in [1.82, 2.24) is 4.90 Å². The minimum atomic E-state index is -0.193. The molecule has 2 nitrogen and oxygen atoms in total. The highest BCUT2D eigenvalue weighted by Crippen LogP contribution is 2.22. The summed E-state index contributed by atoms with van der Waals surface area (Å²) in [5.41, 5.74) is 0.977. The molecule has 0 bridgehead atoms. The first-order chi connectivity index (χ1) is 8.94. The molecule has 0 amide bonds. The van der Waals surface area contributed by atoms with Crippen LogP contribution in [-0.4, -0.2) is 18.5 Å². The smallest absolute Gasteiger partial charge is 0.0683 e. The molecule has 0 aliphatic heterocycles. The molecule has 0 aliphatic carbocycles. The first kappa shape index (κ1) is 16.0. The van der Waals surface area contributed by atoms with E-state index in [1.165, 1.54) is 5.56 Å². The monoisotopic (exact) mass is 278 g/mol. The lowest BCUT2D eigenvalue weighted by molar-refractivity contribution is 0.307. The lowest BCUT2D eigenvalue weighted by Gasteiger charge is -2.19. The van der Waals surface area contributed by atoms with Gasteiger partial charge in [0, 0.05) is 11.6 Å². The number of benzene rings is 1. The molecule has 0 aromatic heterocycles. The van der Waals surface area contributed by atoms with Crippen LogP contribution in [0.5, 0.6) is 0 Å². The quantitative estimate of drug-likeness (QED) is 0.687. The maximum Gasteiger partial charge on any atom is 0.0683 e. The third kappa shape index (κ3) is 6.09. The van der Waals surface area contributed by atoms with Crippen LogP contribution < -0.4 is 0 Å². The Balaban J connectivity index is 2.28. The number of nitriles is 1. The number of halogens is 1. The van der Waals surface area contributed by atoms with Gasteiger partial charge in [0.15, 0.2) is 0 Å². The topological polar surface area (TPSA) is 27.0 Å². The molecule has 0 spiro atoms. The first-order valence-electron chi connectivity index (χ1n) is 6.78. The van der Waals surface area contributed by atoms with Gasteiger partial charge in [-0.1, -0.05) is 36.2 Å². The van der Waals surface area contributed by atoms with Gasteiger partial charge < -0.3 is 4.90 Å². The maximum atomic E-state index is 8.95. The summed E-state index contributed by atoms with van der Waals surface area (Å²) >= 11 is 6.15. The van der Waals surface area contributed by atoms with Crippen LogP contribution >= 0.6 is 11.6 Å². The number of nitrogens with zero attached hydrogens (tertiary/aromatic N) is 2. The van der Waals surface area contributed by atoms with Gasteiger partial charge in [0.1, 0.15) is 0 Å². The Morgan fingerprint density at radius 3 is 2.58 bits per heavy atom. The van der Waals surface area contributed by atoms with Gasteiger partial charge in [-0.15, -0.1) is 0 Å². The Labute approximate surface area is 122 Å². The Kier molecular flexibility index (Phi) is 6.34. The minimum Gasteiger partial charge on any atom is -0.302 e. The van der Waals surface area contributed by atoms with Crippen molar-refractivity contribution in [2.45, 2.75) is 39.7 Å². The summed E-state index contributed by atoms with van der Waals surface area (Å²) < 4.78 is 0. The largest absolute Gasteiger partial charge is 0.302 e. The van der Waals surface area contributed by atoms with Crippen molar-refractivity contribution in [2.24, 2.45) is 5.41 Å². The SMILES string of the molecule is CN(CCCCC(C)(C)C#N)Cc1ccccc1Cl. The molecule has 19 heavy (non-hydrogen) atoms. The van der Waals surface area contributed by atoms with Crippen molar-refractivity contribution in [3.63, 3.8) is 0 Å². The summed E-state index contributed by atoms with van der Waals surface area (Å²) in [4.78, 5) is 2.28. The Morgan fingerprint density at radius 2 is 1.95 bits per heavy atom. The zero-order valence-corrected chi connectivity index (χ0v) is 12.9. The van der Waals surface area contributed by atoms with Crippen LogP contribution in [0.15, 0.2) is 24.3 Å². The van der Waals surface area contributed by atoms with Crippen molar-refractivity contribution >= 4 is 11.6 Å². The second kappa shape index (κ2) is 7.53. The Morgan fingerprint density at radius 1 is 1.26 bits per heavy atom. The van der Waals surface area contributed by atoms with Gasteiger partial charge in [0.2, 0.25) is 0 Å². The van der Waals surface area contributed by atoms with E-state index in [-0.39, 0.29) is 5.41 Å². The zero-order valence-electron chi connectivity index (χ0n) is 12.1. The zero-order chi connectivity index (χ0) is 14.3. The average Bonchev–Trinajstić information content (AvgIpc) is 2.38. The van der Waals surface area contributed by atoms with Crippen molar-refractivity contribution in [1.29, 1.82) is 5.26 Å². The van der Waals surface area contributed by atoms with Crippen LogP contribution in [0.3, 0.4) is 0 Å². The van der Waals surface area contributed by atoms with E-state index < -0.39 is 0 Å². The summed E-state index contributed by atoms with van der Waals surface area (Å²) in [5, 5.41) is 9.79. The predicted octanol–water partition coefficient (Wildman–Crippen LogP) is 4.49. The molecular weight excluding hydrogens is 256 g/mol. The molecule has 0 saturated carbocycles. The minimum absolute atomic E-state index is 0.193. The predicted molar refractivity (Wildman–Crippen MR) is 81.0 cm³/mol. The van der Waals surface area contributed by atoms with Crippen molar-refractivity contribution in [3.8, 4) is 6.07 Å². The van der Waals surface area contributed by atoms with Crippen LogP contribution in [0.25, 0.3) is 0 Å². The van der Waals surface area contributed by atoms with Crippen LogP contribution in [-0.2, 0) is 6.54 Å². The van der Waals surface area contributed by atoms with Crippen LogP contribution in [0.4, 0.5) is 0 Å². The van der Waals surface area contributed by atoms with Gasteiger partial charge >= 0.3 is 0 Å². The Hall–Kier alpha value is -1.04. The molecule has 0 aliphatic rings. The third-order valence-electron chi connectivity index (χ3n) is 3.29. The van der Waals surface area contributed by atoms with Gasteiger partial charge in [-0.25, -0.2) is 0 Å². The van der Waals surface area contributed by atoms with Crippen molar-refractivity contribution < 1.29 is 0 Å². The van der Waals surface area contributed by atoms with Crippen molar-refractivity contribution in [3.05, 3.63) is 34.9 Å². The fourth-order valence-corrected chi connectivity index (χ4v) is 2.20. The summed E-state index contributed by atoms with van der Waals surface area (Å²) in [5.74, 6) is 0. The average molecular weight is 279 g/mol. The molecule has 0 atom stereocenters. The van der Waals surface area contributed by atoms with E-state index in [2.05, 4.69) is 24.1 Å². The van der Waals surface area contributed by atoms with Crippen LogP contribution in [0.2, 0.25) is 5.02 Å². The van der Waals surface area contributed by atoms with Gasteiger partial charge in [-0.2, -0.15) is 5.26 Å². The first-order valence-corrected chi connectivity index (χ1v) is 7.15. The number of rotatable bonds is 7. The summed E-state index contributed by atoms with van der Waals surface area (Å²) in [7, 11) is 2.11. The molecule has 1 aromatic carbocycles. The molecule has 0 unspecified atom stereocenters. The highest BCUT2D eigenvalue weighted by atomic mass is 35.5. The molecule has 1 aromatic rings.